The normalized spacial score (nSPS) is 17.6. The summed E-state index contributed by atoms with van der Waals surface area (Å²) in [5.74, 6) is 0.694. The van der Waals surface area contributed by atoms with E-state index < -0.39 is 0 Å². The van der Waals surface area contributed by atoms with Crippen LogP contribution in [0.1, 0.15) is 37.3 Å². The van der Waals surface area contributed by atoms with Crippen molar-refractivity contribution in [1.82, 2.24) is 15.3 Å². The predicted octanol–water partition coefficient (Wildman–Crippen LogP) is 3.16. The molecule has 1 aliphatic heterocycles. The van der Waals surface area contributed by atoms with Crippen LogP contribution in [0.4, 0.5) is 5.95 Å². The standard InChI is InChI=1S/C21H28N4O/c1-2-12-26-13-11-23-20-24-15-16-14-21(7-9-22-10-8-21)18-6-4-3-5-17(18)19(16)25-20/h3-6,15,22H,2,7-14H2,1H3,(H,23,24,25). The van der Waals surface area contributed by atoms with E-state index in [0.717, 1.165) is 44.8 Å². The van der Waals surface area contributed by atoms with Gasteiger partial charge in [0.05, 0.1) is 12.3 Å². The third kappa shape index (κ3) is 3.33. The Morgan fingerprint density at radius 1 is 1.19 bits per heavy atom. The fraction of sp³-hybridized carbons (Fsp3) is 0.524. The van der Waals surface area contributed by atoms with Crippen molar-refractivity contribution in [1.29, 1.82) is 0 Å². The van der Waals surface area contributed by atoms with E-state index in [2.05, 4.69) is 46.8 Å². The molecular formula is C21H28N4O. The second-order valence-electron chi connectivity index (χ2n) is 7.36. The number of hydrogen-bond acceptors (Lipinski definition) is 5. The van der Waals surface area contributed by atoms with E-state index >= 15 is 0 Å². The van der Waals surface area contributed by atoms with E-state index in [1.165, 1.54) is 29.5 Å². The fourth-order valence-corrected chi connectivity index (χ4v) is 4.30. The maximum atomic E-state index is 5.52. The minimum atomic E-state index is 0.237. The Kier molecular flexibility index (Phi) is 5.18. The smallest absolute Gasteiger partial charge is 0.223 e. The molecule has 1 fully saturated rings. The minimum Gasteiger partial charge on any atom is -0.380 e. The molecule has 2 aliphatic rings. The van der Waals surface area contributed by atoms with Gasteiger partial charge >= 0.3 is 0 Å². The van der Waals surface area contributed by atoms with Crippen molar-refractivity contribution in [2.75, 3.05) is 38.2 Å². The van der Waals surface area contributed by atoms with Gasteiger partial charge in [-0.05, 0) is 49.9 Å². The Balaban J connectivity index is 1.59. The molecule has 0 bridgehead atoms. The number of aromatic nitrogens is 2. The van der Waals surface area contributed by atoms with Gasteiger partial charge in [-0.3, -0.25) is 0 Å². The van der Waals surface area contributed by atoms with Gasteiger partial charge in [0.25, 0.3) is 0 Å². The number of ether oxygens (including phenoxy) is 1. The quantitative estimate of drug-likeness (QED) is 0.782. The van der Waals surface area contributed by atoms with Crippen molar-refractivity contribution in [2.45, 2.75) is 38.0 Å². The number of anilines is 1. The summed E-state index contributed by atoms with van der Waals surface area (Å²) in [6, 6.07) is 8.81. The Hall–Kier alpha value is -1.98. The number of piperidine rings is 1. The number of benzene rings is 1. The molecule has 0 atom stereocenters. The zero-order valence-electron chi connectivity index (χ0n) is 15.6. The molecule has 2 aromatic rings. The summed E-state index contributed by atoms with van der Waals surface area (Å²) in [4.78, 5) is 9.42. The molecule has 1 aromatic heterocycles. The summed E-state index contributed by atoms with van der Waals surface area (Å²) < 4.78 is 5.52. The van der Waals surface area contributed by atoms with E-state index in [1.807, 2.05) is 6.20 Å². The summed E-state index contributed by atoms with van der Waals surface area (Å²) in [6.07, 6.45) is 6.47. The molecule has 1 spiro atoms. The number of hydrogen-bond donors (Lipinski definition) is 2. The highest BCUT2D eigenvalue weighted by Crippen LogP contribution is 2.46. The van der Waals surface area contributed by atoms with Crippen molar-refractivity contribution >= 4 is 5.95 Å². The lowest BCUT2D eigenvalue weighted by atomic mass is 9.64. The molecule has 4 rings (SSSR count). The molecule has 138 valence electrons. The second kappa shape index (κ2) is 7.72. The Morgan fingerprint density at radius 2 is 2.04 bits per heavy atom. The molecular weight excluding hydrogens is 324 g/mol. The van der Waals surface area contributed by atoms with Gasteiger partial charge < -0.3 is 15.4 Å². The van der Waals surface area contributed by atoms with Crippen LogP contribution < -0.4 is 10.6 Å². The van der Waals surface area contributed by atoms with Crippen LogP contribution in [0.25, 0.3) is 11.3 Å². The summed E-state index contributed by atoms with van der Waals surface area (Å²) in [7, 11) is 0. The predicted molar refractivity (Wildman–Crippen MR) is 105 cm³/mol. The molecule has 2 N–H and O–H groups in total. The molecule has 0 unspecified atom stereocenters. The van der Waals surface area contributed by atoms with Gasteiger partial charge in [-0.1, -0.05) is 31.2 Å². The van der Waals surface area contributed by atoms with Crippen LogP contribution in [0.2, 0.25) is 0 Å². The molecule has 5 nitrogen and oxygen atoms in total. The maximum absolute atomic E-state index is 5.52. The average Bonchev–Trinajstić information content (AvgIpc) is 2.69. The van der Waals surface area contributed by atoms with E-state index in [1.54, 1.807) is 0 Å². The summed E-state index contributed by atoms with van der Waals surface area (Å²) in [5, 5.41) is 6.80. The monoisotopic (exact) mass is 352 g/mol. The summed E-state index contributed by atoms with van der Waals surface area (Å²) in [5.41, 5.74) is 5.35. The van der Waals surface area contributed by atoms with Crippen LogP contribution in [0.15, 0.2) is 30.5 Å². The first kappa shape index (κ1) is 17.4. The summed E-state index contributed by atoms with van der Waals surface area (Å²) >= 11 is 0. The molecule has 1 saturated heterocycles. The van der Waals surface area contributed by atoms with Gasteiger partial charge in [0.2, 0.25) is 5.95 Å². The SMILES string of the molecule is CCCOCCNc1ncc2c(n1)-c1ccccc1C1(CCNCC1)C2. The average molecular weight is 352 g/mol. The fourth-order valence-electron chi connectivity index (χ4n) is 4.30. The Labute approximate surface area is 155 Å². The van der Waals surface area contributed by atoms with Crippen molar-refractivity contribution in [3.05, 3.63) is 41.6 Å². The van der Waals surface area contributed by atoms with Crippen LogP contribution in [0.3, 0.4) is 0 Å². The third-order valence-electron chi connectivity index (χ3n) is 5.59. The Bertz CT molecular complexity index is 755. The van der Waals surface area contributed by atoms with Gasteiger partial charge in [0.1, 0.15) is 0 Å². The highest BCUT2D eigenvalue weighted by atomic mass is 16.5. The number of nitrogens with zero attached hydrogens (tertiary/aromatic N) is 2. The molecule has 1 aliphatic carbocycles. The lowest BCUT2D eigenvalue weighted by molar-refractivity contribution is 0.144. The molecule has 0 saturated carbocycles. The lowest BCUT2D eigenvalue weighted by Crippen LogP contribution is -2.43. The molecule has 26 heavy (non-hydrogen) atoms. The highest BCUT2D eigenvalue weighted by molar-refractivity contribution is 5.72. The van der Waals surface area contributed by atoms with Gasteiger partial charge in [-0.2, -0.15) is 0 Å². The van der Waals surface area contributed by atoms with Crippen molar-refractivity contribution in [3.8, 4) is 11.3 Å². The lowest BCUT2D eigenvalue weighted by Gasteiger charge is -2.42. The largest absolute Gasteiger partial charge is 0.380 e. The van der Waals surface area contributed by atoms with Gasteiger partial charge in [0, 0.05) is 30.3 Å². The molecule has 0 amide bonds. The third-order valence-corrected chi connectivity index (χ3v) is 5.59. The van der Waals surface area contributed by atoms with Crippen LogP contribution in [0.5, 0.6) is 0 Å². The second-order valence-corrected chi connectivity index (χ2v) is 7.36. The van der Waals surface area contributed by atoms with Crippen molar-refractivity contribution in [2.24, 2.45) is 0 Å². The number of rotatable bonds is 6. The van der Waals surface area contributed by atoms with Gasteiger partial charge in [0.15, 0.2) is 0 Å². The van der Waals surface area contributed by atoms with Crippen LogP contribution >= 0.6 is 0 Å². The van der Waals surface area contributed by atoms with Crippen LogP contribution in [0, 0.1) is 0 Å². The molecule has 1 aromatic carbocycles. The molecule has 5 heteroatoms. The van der Waals surface area contributed by atoms with Gasteiger partial charge in [-0.15, -0.1) is 0 Å². The van der Waals surface area contributed by atoms with E-state index in [-0.39, 0.29) is 5.41 Å². The minimum absolute atomic E-state index is 0.237. The summed E-state index contributed by atoms with van der Waals surface area (Å²) in [6.45, 7) is 6.50. The van der Waals surface area contributed by atoms with Crippen molar-refractivity contribution in [3.63, 3.8) is 0 Å². The maximum Gasteiger partial charge on any atom is 0.223 e. The first-order chi connectivity index (χ1) is 12.8. The zero-order valence-corrected chi connectivity index (χ0v) is 15.6. The number of nitrogens with one attached hydrogen (secondary N) is 2. The van der Waals surface area contributed by atoms with Crippen LogP contribution in [-0.4, -0.2) is 42.8 Å². The highest BCUT2D eigenvalue weighted by Gasteiger charge is 2.40. The van der Waals surface area contributed by atoms with Gasteiger partial charge in [-0.25, -0.2) is 9.97 Å². The van der Waals surface area contributed by atoms with Crippen molar-refractivity contribution < 1.29 is 4.74 Å². The van der Waals surface area contributed by atoms with E-state index in [4.69, 9.17) is 9.72 Å². The first-order valence-electron chi connectivity index (χ1n) is 9.80. The topological polar surface area (TPSA) is 59.1 Å². The molecule has 0 radical (unpaired) electrons. The van der Waals surface area contributed by atoms with E-state index in [0.29, 0.717) is 12.6 Å². The van der Waals surface area contributed by atoms with Crippen LogP contribution in [-0.2, 0) is 16.6 Å². The van der Waals surface area contributed by atoms with E-state index in [9.17, 15) is 0 Å². The number of fused-ring (bicyclic) bond motifs is 4. The Morgan fingerprint density at radius 3 is 2.88 bits per heavy atom. The first-order valence-corrected chi connectivity index (χ1v) is 9.80. The molecule has 2 heterocycles. The zero-order chi connectivity index (χ0) is 17.8.